The van der Waals surface area contributed by atoms with Crippen LogP contribution in [-0.2, 0) is 0 Å². The smallest absolute Gasteiger partial charge is 0.251 e. The summed E-state index contributed by atoms with van der Waals surface area (Å²) < 4.78 is 20.3. The van der Waals surface area contributed by atoms with Gasteiger partial charge in [-0.1, -0.05) is 0 Å². The molecule has 0 atom stereocenters. The van der Waals surface area contributed by atoms with Crippen molar-refractivity contribution in [2.24, 2.45) is 0 Å². The topological polar surface area (TPSA) is 94.0 Å². The van der Waals surface area contributed by atoms with Crippen molar-refractivity contribution in [1.82, 2.24) is 24.8 Å². The maximum Gasteiger partial charge on any atom is 0.251 e. The molecule has 0 unspecified atom stereocenters. The first-order chi connectivity index (χ1) is 13.1. The lowest BCUT2D eigenvalue weighted by atomic mass is 10.2. The zero-order chi connectivity index (χ0) is 19.2. The molecule has 0 aliphatic rings. The van der Waals surface area contributed by atoms with Crippen LogP contribution in [0.4, 0.5) is 10.2 Å². The van der Waals surface area contributed by atoms with Crippen molar-refractivity contribution in [3.8, 4) is 11.6 Å². The summed E-state index contributed by atoms with van der Waals surface area (Å²) in [7, 11) is 1.37. The molecule has 2 aromatic heterocycles. The molecule has 0 saturated heterocycles. The van der Waals surface area contributed by atoms with Crippen molar-refractivity contribution in [2.75, 3.05) is 25.5 Å². The van der Waals surface area contributed by atoms with Crippen molar-refractivity contribution < 1.29 is 13.9 Å². The number of nitrogens with zero attached hydrogens (tertiary/aromatic N) is 4. The largest absolute Gasteiger partial charge is 0.494 e. The van der Waals surface area contributed by atoms with Gasteiger partial charge in [0, 0.05) is 37.1 Å². The standard InChI is InChI=1S/C18H19FN6O2/c1-12-20-7-8-25(12)17-10-16(23-11-24-17)21-5-6-22-18(26)13-3-4-15(27-2)14(19)9-13/h3-4,7-11H,5-6H2,1-2H3,(H,22,26)(H,21,23,24). The minimum Gasteiger partial charge on any atom is -0.494 e. The van der Waals surface area contributed by atoms with Crippen LogP contribution in [0.2, 0.25) is 0 Å². The second kappa shape index (κ2) is 8.26. The Morgan fingerprint density at radius 3 is 2.78 bits per heavy atom. The average molecular weight is 370 g/mol. The van der Waals surface area contributed by atoms with Gasteiger partial charge in [-0.15, -0.1) is 0 Å². The summed E-state index contributed by atoms with van der Waals surface area (Å²) in [4.78, 5) is 24.6. The second-order valence-electron chi connectivity index (χ2n) is 5.64. The van der Waals surface area contributed by atoms with E-state index in [1.807, 2.05) is 17.7 Å². The molecule has 0 aliphatic carbocycles. The molecule has 9 heteroatoms. The Morgan fingerprint density at radius 2 is 2.07 bits per heavy atom. The third kappa shape index (κ3) is 4.38. The zero-order valence-electron chi connectivity index (χ0n) is 14.9. The van der Waals surface area contributed by atoms with Gasteiger partial charge in [0.15, 0.2) is 11.6 Å². The molecule has 2 N–H and O–H groups in total. The van der Waals surface area contributed by atoms with Crippen molar-refractivity contribution in [3.05, 3.63) is 60.2 Å². The first-order valence-corrected chi connectivity index (χ1v) is 8.26. The molecule has 27 heavy (non-hydrogen) atoms. The van der Waals surface area contributed by atoms with Crippen LogP contribution in [0.5, 0.6) is 5.75 Å². The van der Waals surface area contributed by atoms with Crippen LogP contribution < -0.4 is 15.4 Å². The highest BCUT2D eigenvalue weighted by Crippen LogP contribution is 2.17. The minimum absolute atomic E-state index is 0.0981. The van der Waals surface area contributed by atoms with E-state index in [0.717, 1.165) is 11.9 Å². The molecular formula is C18H19FN6O2. The number of carbonyl (C=O) groups is 1. The molecule has 0 radical (unpaired) electrons. The van der Waals surface area contributed by atoms with Crippen LogP contribution in [0.3, 0.4) is 0 Å². The van der Waals surface area contributed by atoms with Crippen LogP contribution >= 0.6 is 0 Å². The molecule has 0 aliphatic heterocycles. The van der Waals surface area contributed by atoms with E-state index >= 15 is 0 Å². The fourth-order valence-corrected chi connectivity index (χ4v) is 2.47. The van der Waals surface area contributed by atoms with Gasteiger partial charge in [0.05, 0.1) is 7.11 Å². The molecule has 3 aromatic rings. The first kappa shape index (κ1) is 18.3. The molecule has 0 bridgehead atoms. The Morgan fingerprint density at radius 1 is 1.22 bits per heavy atom. The molecule has 1 amide bonds. The SMILES string of the molecule is COc1ccc(C(=O)NCCNc2cc(-n3ccnc3C)ncn2)cc1F. The summed E-state index contributed by atoms with van der Waals surface area (Å²) in [6.45, 7) is 2.67. The van der Waals surface area contributed by atoms with Gasteiger partial charge in [-0.2, -0.15) is 0 Å². The lowest BCUT2D eigenvalue weighted by molar-refractivity contribution is 0.0954. The number of halogens is 1. The van der Waals surface area contributed by atoms with Crippen LogP contribution in [0.1, 0.15) is 16.2 Å². The van der Waals surface area contributed by atoms with Gasteiger partial charge >= 0.3 is 0 Å². The van der Waals surface area contributed by atoms with E-state index in [2.05, 4.69) is 25.6 Å². The highest BCUT2D eigenvalue weighted by atomic mass is 19.1. The van der Waals surface area contributed by atoms with E-state index in [0.29, 0.717) is 24.7 Å². The number of methoxy groups -OCH3 is 1. The Hall–Kier alpha value is -3.49. The molecule has 0 saturated carbocycles. The summed E-state index contributed by atoms with van der Waals surface area (Å²) >= 11 is 0. The number of ether oxygens (including phenoxy) is 1. The molecular weight excluding hydrogens is 351 g/mol. The minimum atomic E-state index is -0.577. The normalized spacial score (nSPS) is 10.5. The summed E-state index contributed by atoms with van der Waals surface area (Å²) in [5, 5.41) is 5.83. The van der Waals surface area contributed by atoms with Gasteiger partial charge in [-0.05, 0) is 25.1 Å². The predicted molar refractivity (Wildman–Crippen MR) is 97.7 cm³/mol. The molecule has 1 aromatic carbocycles. The number of amides is 1. The molecule has 3 rings (SSSR count). The van der Waals surface area contributed by atoms with Crippen molar-refractivity contribution in [1.29, 1.82) is 0 Å². The van der Waals surface area contributed by atoms with Gasteiger partial charge < -0.3 is 15.4 Å². The van der Waals surface area contributed by atoms with Crippen LogP contribution in [0.25, 0.3) is 5.82 Å². The van der Waals surface area contributed by atoms with E-state index in [1.54, 1.807) is 12.3 Å². The monoisotopic (exact) mass is 370 g/mol. The molecule has 0 fully saturated rings. The number of nitrogens with one attached hydrogen (secondary N) is 2. The van der Waals surface area contributed by atoms with Gasteiger partial charge in [0.25, 0.3) is 5.91 Å². The fourth-order valence-electron chi connectivity index (χ4n) is 2.47. The van der Waals surface area contributed by atoms with Crippen LogP contribution in [0, 0.1) is 12.7 Å². The summed E-state index contributed by atoms with van der Waals surface area (Å²) in [6.07, 6.45) is 4.97. The number of benzene rings is 1. The van der Waals surface area contributed by atoms with E-state index in [1.165, 1.54) is 25.6 Å². The third-order valence-corrected chi connectivity index (χ3v) is 3.86. The lowest BCUT2D eigenvalue weighted by Crippen LogP contribution is -2.29. The first-order valence-electron chi connectivity index (χ1n) is 8.26. The fraction of sp³-hybridized carbons (Fsp3) is 0.222. The maximum absolute atomic E-state index is 13.7. The highest BCUT2D eigenvalue weighted by molar-refractivity contribution is 5.94. The number of aromatic nitrogens is 4. The van der Waals surface area contributed by atoms with Gasteiger partial charge in [0.2, 0.25) is 0 Å². The van der Waals surface area contributed by atoms with Gasteiger partial charge in [0.1, 0.15) is 23.8 Å². The zero-order valence-corrected chi connectivity index (χ0v) is 14.9. The number of carbonyl (C=O) groups excluding carboxylic acids is 1. The quantitative estimate of drug-likeness (QED) is 0.618. The van der Waals surface area contributed by atoms with Gasteiger partial charge in [-0.3, -0.25) is 9.36 Å². The number of aryl methyl sites for hydroxylation is 1. The van der Waals surface area contributed by atoms with Crippen molar-refractivity contribution >= 4 is 11.7 Å². The number of hydrogen-bond acceptors (Lipinski definition) is 6. The number of imidazole rings is 1. The predicted octanol–water partition coefficient (Wildman–Crippen LogP) is 1.96. The Balaban J connectivity index is 1.52. The molecule has 2 heterocycles. The van der Waals surface area contributed by atoms with Crippen LogP contribution in [0.15, 0.2) is 43.0 Å². The van der Waals surface area contributed by atoms with E-state index in [-0.39, 0.29) is 17.2 Å². The summed E-state index contributed by atoms with van der Waals surface area (Å²) in [6, 6.07) is 5.86. The third-order valence-electron chi connectivity index (χ3n) is 3.86. The highest BCUT2D eigenvalue weighted by Gasteiger charge is 2.09. The van der Waals surface area contributed by atoms with Crippen molar-refractivity contribution in [3.63, 3.8) is 0 Å². The van der Waals surface area contributed by atoms with Crippen LogP contribution in [-0.4, -0.2) is 45.6 Å². The van der Waals surface area contributed by atoms with Gasteiger partial charge in [-0.25, -0.2) is 19.3 Å². The number of rotatable bonds is 7. The molecule has 0 spiro atoms. The van der Waals surface area contributed by atoms with Crippen molar-refractivity contribution in [2.45, 2.75) is 6.92 Å². The Bertz CT molecular complexity index is 943. The van der Waals surface area contributed by atoms with E-state index in [9.17, 15) is 9.18 Å². The maximum atomic E-state index is 13.7. The number of hydrogen-bond donors (Lipinski definition) is 2. The summed E-state index contributed by atoms with van der Waals surface area (Å²) in [5.41, 5.74) is 0.230. The van der Waals surface area contributed by atoms with E-state index in [4.69, 9.17) is 4.74 Å². The second-order valence-corrected chi connectivity index (χ2v) is 5.64. The van der Waals surface area contributed by atoms with E-state index < -0.39 is 5.82 Å². The average Bonchev–Trinajstić information content (AvgIpc) is 3.11. The lowest BCUT2D eigenvalue weighted by Gasteiger charge is -2.10. The number of anilines is 1. The molecule has 8 nitrogen and oxygen atoms in total. The Kier molecular flexibility index (Phi) is 5.60. The Labute approximate surface area is 155 Å². The summed E-state index contributed by atoms with van der Waals surface area (Å²) in [5.74, 6) is 1.29. The molecule has 140 valence electrons.